The first kappa shape index (κ1) is 26.6. The Morgan fingerprint density at radius 3 is 2.59 bits per heavy atom. The summed E-state index contributed by atoms with van der Waals surface area (Å²) >= 11 is 15.6. The van der Waals surface area contributed by atoms with Gasteiger partial charge < -0.3 is 19.9 Å². The summed E-state index contributed by atoms with van der Waals surface area (Å²) < 4.78 is 18.0. The van der Waals surface area contributed by atoms with E-state index in [9.17, 15) is 10.1 Å². The number of ether oxygens (including phenoxy) is 3. The minimum absolute atomic E-state index is 0.0245. The Balaban J connectivity index is 1.43. The van der Waals surface area contributed by atoms with Crippen LogP contribution in [0.2, 0.25) is 10.0 Å². The van der Waals surface area contributed by atoms with Crippen LogP contribution in [0, 0.1) is 11.3 Å². The number of nitrogens with zero attached hydrogens (tertiary/aromatic N) is 1. The van der Waals surface area contributed by atoms with Crippen LogP contribution in [0.4, 0.5) is 0 Å². The van der Waals surface area contributed by atoms with Gasteiger partial charge in [-0.3, -0.25) is 0 Å². The maximum atomic E-state index is 12.7. The van der Waals surface area contributed by atoms with Crippen LogP contribution < -0.4 is 19.9 Å². The van der Waals surface area contributed by atoms with Gasteiger partial charge in [0.25, 0.3) is 0 Å². The van der Waals surface area contributed by atoms with Crippen molar-refractivity contribution in [1.29, 1.82) is 5.26 Å². The van der Waals surface area contributed by atoms with Gasteiger partial charge in [0.15, 0.2) is 0 Å². The van der Waals surface area contributed by atoms with Crippen LogP contribution in [-0.2, 0) is 6.61 Å². The molecule has 2 N–H and O–H groups in total. The number of carbonyl (C=O) groups excluding carboxylic acids is 1. The molecule has 6 nitrogen and oxygen atoms in total. The average molecular weight is 622 g/mol. The van der Waals surface area contributed by atoms with Crippen LogP contribution in [-0.4, -0.2) is 5.97 Å². The van der Waals surface area contributed by atoms with E-state index in [4.69, 9.17) is 43.1 Å². The summed E-state index contributed by atoms with van der Waals surface area (Å²) in [5.41, 5.74) is 9.06. The Morgan fingerprint density at radius 2 is 1.82 bits per heavy atom. The highest BCUT2D eigenvalue weighted by molar-refractivity contribution is 9.10. The topological polar surface area (TPSA) is 94.6 Å². The molecule has 1 aliphatic rings. The van der Waals surface area contributed by atoms with E-state index in [-0.39, 0.29) is 23.8 Å². The first-order valence-corrected chi connectivity index (χ1v) is 13.2. The largest absolute Gasteiger partial charge is 0.489 e. The number of hydrogen-bond donors (Lipinski definition) is 1. The molecule has 9 heteroatoms. The van der Waals surface area contributed by atoms with Crippen molar-refractivity contribution in [2.24, 2.45) is 5.73 Å². The van der Waals surface area contributed by atoms with Gasteiger partial charge in [-0.15, -0.1) is 0 Å². The van der Waals surface area contributed by atoms with Crippen molar-refractivity contribution < 1.29 is 19.0 Å². The Labute approximate surface area is 243 Å². The third-order valence-electron chi connectivity index (χ3n) is 6.10. The quantitative estimate of drug-likeness (QED) is 0.175. The van der Waals surface area contributed by atoms with Gasteiger partial charge in [0.1, 0.15) is 35.5 Å². The number of allylic oxidation sites excluding steroid dienone is 1. The summed E-state index contributed by atoms with van der Waals surface area (Å²) in [5.74, 6) is 0.174. The molecule has 0 fully saturated rings. The number of nitrogens with two attached hydrogens (primary N) is 1. The highest BCUT2D eigenvalue weighted by Crippen LogP contribution is 2.44. The number of hydrogen-bond acceptors (Lipinski definition) is 6. The van der Waals surface area contributed by atoms with Crippen molar-refractivity contribution in [2.45, 2.75) is 12.5 Å². The first-order valence-electron chi connectivity index (χ1n) is 11.7. The molecule has 1 unspecified atom stereocenters. The number of carbonyl (C=O) groups is 1. The number of esters is 1. The fourth-order valence-electron chi connectivity index (χ4n) is 4.21. The van der Waals surface area contributed by atoms with Gasteiger partial charge in [-0.25, -0.2) is 4.79 Å². The molecule has 0 aliphatic carbocycles. The van der Waals surface area contributed by atoms with Gasteiger partial charge in [0.2, 0.25) is 5.88 Å². The van der Waals surface area contributed by atoms with E-state index in [1.54, 1.807) is 54.6 Å². The summed E-state index contributed by atoms with van der Waals surface area (Å²) in [4.78, 5) is 12.7. The molecule has 0 bridgehead atoms. The minimum Gasteiger partial charge on any atom is -0.489 e. The van der Waals surface area contributed by atoms with E-state index in [1.807, 2.05) is 30.3 Å². The molecular formula is C30H19BrCl2N2O4. The van der Waals surface area contributed by atoms with Crippen molar-refractivity contribution in [2.75, 3.05) is 0 Å². The van der Waals surface area contributed by atoms with E-state index in [0.29, 0.717) is 37.1 Å². The molecular weight excluding hydrogens is 603 g/mol. The maximum Gasteiger partial charge on any atom is 0.344 e. The van der Waals surface area contributed by atoms with E-state index < -0.39 is 11.9 Å². The maximum absolute atomic E-state index is 12.7. The third kappa shape index (κ3) is 5.74. The predicted octanol–water partition coefficient (Wildman–Crippen LogP) is 7.77. The Bertz CT molecular complexity index is 1670. The van der Waals surface area contributed by atoms with Crippen molar-refractivity contribution >= 4 is 45.1 Å². The van der Waals surface area contributed by atoms with E-state index in [0.717, 1.165) is 11.1 Å². The SMILES string of the molecule is N#CC1=C(N)Oc2cc(OC(=O)c3ccccc3Br)ccc2C1c1cccc(OCc2ccc(Cl)cc2Cl)c1. The number of fused-ring (bicyclic) bond motifs is 1. The van der Waals surface area contributed by atoms with E-state index in [2.05, 4.69) is 22.0 Å². The highest BCUT2D eigenvalue weighted by atomic mass is 79.9. The standard InChI is InChI=1S/C30H19BrCl2N2O4/c31-25-7-2-1-6-22(25)30(36)38-21-10-11-23-27(14-21)39-29(35)24(15-34)28(23)17-4-3-5-20(12-17)37-16-18-8-9-19(32)13-26(18)33/h1-14,28H,16,35H2. The molecule has 0 amide bonds. The summed E-state index contributed by atoms with van der Waals surface area (Å²) in [6, 6.07) is 26.7. The molecule has 194 valence electrons. The van der Waals surface area contributed by atoms with Gasteiger partial charge >= 0.3 is 5.97 Å². The summed E-state index contributed by atoms with van der Waals surface area (Å²) in [6.07, 6.45) is 0. The molecule has 0 saturated heterocycles. The lowest BCUT2D eigenvalue weighted by Crippen LogP contribution is -2.21. The predicted molar refractivity (Wildman–Crippen MR) is 152 cm³/mol. The van der Waals surface area contributed by atoms with E-state index >= 15 is 0 Å². The number of benzene rings is 4. The summed E-state index contributed by atoms with van der Waals surface area (Å²) in [6.45, 7) is 0.235. The molecule has 1 heterocycles. The summed E-state index contributed by atoms with van der Waals surface area (Å²) in [5, 5.41) is 11.0. The molecule has 0 spiro atoms. The zero-order valence-corrected chi connectivity index (χ0v) is 23.3. The minimum atomic E-state index is -0.526. The van der Waals surface area contributed by atoms with Crippen LogP contribution in [0.1, 0.15) is 33.0 Å². The van der Waals surface area contributed by atoms with Gasteiger partial charge in [0.05, 0.1) is 11.5 Å². The Kier molecular flexibility index (Phi) is 7.80. The fraction of sp³-hybridized carbons (Fsp3) is 0.0667. The van der Waals surface area contributed by atoms with Gasteiger partial charge in [0, 0.05) is 31.7 Å². The number of rotatable bonds is 6. The molecule has 5 rings (SSSR count). The number of halogens is 3. The average Bonchev–Trinajstić information content (AvgIpc) is 2.92. The van der Waals surface area contributed by atoms with Crippen LogP contribution >= 0.6 is 39.1 Å². The van der Waals surface area contributed by atoms with Crippen molar-refractivity contribution in [3.05, 3.63) is 133 Å². The Hall–Kier alpha value is -3.96. The fourth-order valence-corrected chi connectivity index (χ4v) is 5.12. The molecule has 1 atom stereocenters. The molecule has 0 saturated carbocycles. The molecule has 4 aromatic carbocycles. The van der Waals surface area contributed by atoms with Crippen molar-refractivity contribution in [3.63, 3.8) is 0 Å². The lowest BCUT2D eigenvalue weighted by atomic mass is 9.83. The van der Waals surface area contributed by atoms with Gasteiger partial charge in [-0.05, 0) is 64.0 Å². The second-order valence-electron chi connectivity index (χ2n) is 8.59. The third-order valence-corrected chi connectivity index (χ3v) is 7.37. The van der Waals surface area contributed by atoms with Crippen LogP contribution in [0.15, 0.2) is 101 Å². The number of nitriles is 1. The van der Waals surface area contributed by atoms with Gasteiger partial charge in [-0.1, -0.05) is 59.6 Å². The molecule has 4 aromatic rings. The lowest BCUT2D eigenvalue weighted by molar-refractivity contribution is 0.0733. The first-order chi connectivity index (χ1) is 18.8. The molecule has 0 aromatic heterocycles. The normalized spacial score (nSPS) is 14.2. The van der Waals surface area contributed by atoms with Crippen molar-refractivity contribution in [3.8, 4) is 23.3 Å². The zero-order chi connectivity index (χ0) is 27.5. The second-order valence-corrected chi connectivity index (χ2v) is 10.3. The molecule has 0 radical (unpaired) electrons. The molecule has 1 aliphatic heterocycles. The van der Waals surface area contributed by atoms with Crippen LogP contribution in [0.5, 0.6) is 17.2 Å². The monoisotopic (exact) mass is 620 g/mol. The second kappa shape index (κ2) is 11.4. The zero-order valence-electron chi connectivity index (χ0n) is 20.2. The van der Waals surface area contributed by atoms with Crippen LogP contribution in [0.25, 0.3) is 0 Å². The molecule has 39 heavy (non-hydrogen) atoms. The smallest absolute Gasteiger partial charge is 0.344 e. The Morgan fingerprint density at radius 1 is 1.00 bits per heavy atom. The summed E-state index contributed by atoms with van der Waals surface area (Å²) in [7, 11) is 0. The van der Waals surface area contributed by atoms with E-state index in [1.165, 1.54) is 0 Å². The van der Waals surface area contributed by atoms with Crippen molar-refractivity contribution in [1.82, 2.24) is 0 Å². The van der Waals surface area contributed by atoms with Gasteiger partial charge in [-0.2, -0.15) is 5.26 Å². The highest BCUT2D eigenvalue weighted by Gasteiger charge is 2.31. The van der Waals surface area contributed by atoms with Crippen LogP contribution in [0.3, 0.4) is 0 Å². The lowest BCUT2D eigenvalue weighted by Gasteiger charge is -2.27.